The summed E-state index contributed by atoms with van der Waals surface area (Å²) in [5.41, 5.74) is 8.82. The van der Waals surface area contributed by atoms with Gasteiger partial charge in [-0.2, -0.15) is 0 Å². The third-order valence-electron chi connectivity index (χ3n) is 5.13. The van der Waals surface area contributed by atoms with Crippen molar-refractivity contribution >= 4 is 11.3 Å². The number of rotatable bonds is 3. The van der Waals surface area contributed by atoms with Crippen molar-refractivity contribution in [3.63, 3.8) is 0 Å². The van der Waals surface area contributed by atoms with Crippen LogP contribution in [0.25, 0.3) is 16.8 Å². The van der Waals surface area contributed by atoms with Gasteiger partial charge in [0.1, 0.15) is 5.65 Å². The van der Waals surface area contributed by atoms with Crippen LogP contribution >= 0.6 is 0 Å². The van der Waals surface area contributed by atoms with Crippen LogP contribution in [0.2, 0.25) is 0 Å². The Balaban J connectivity index is 1.40. The van der Waals surface area contributed by atoms with Gasteiger partial charge in [0.05, 0.1) is 12.2 Å². The van der Waals surface area contributed by atoms with Crippen molar-refractivity contribution in [2.75, 3.05) is 5.32 Å². The Morgan fingerprint density at radius 1 is 1.00 bits per heavy atom. The molecule has 1 aliphatic rings. The first-order valence-corrected chi connectivity index (χ1v) is 9.11. The van der Waals surface area contributed by atoms with Crippen molar-refractivity contribution < 1.29 is 0 Å². The molecule has 0 amide bonds. The van der Waals surface area contributed by atoms with Gasteiger partial charge in [-0.25, -0.2) is 4.98 Å². The van der Waals surface area contributed by atoms with Crippen molar-refractivity contribution in [2.24, 2.45) is 0 Å². The summed E-state index contributed by atoms with van der Waals surface area (Å²) in [4.78, 5) is 16.9. The van der Waals surface area contributed by atoms with Crippen LogP contribution in [0.3, 0.4) is 0 Å². The molecule has 0 saturated heterocycles. The lowest BCUT2D eigenvalue weighted by Crippen LogP contribution is -2.17. The average molecular weight is 353 g/mol. The van der Waals surface area contributed by atoms with Gasteiger partial charge in [-0.15, -0.1) is 0 Å². The van der Waals surface area contributed by atoms with Gasteiger partial charge in [-0.05, 0) is 59.4 Å². The molecule has 1 aliphatic carbocycles. The SMILES string of the molecule is Cc1ccc2nc(CNc3ccc4c(c3)Cc3ccccc3-4)cc(=O)n2c1. The number of anilines is 1. The van der Waals surface area contributed by atoms with Gasteiger partial charge in [0.15, 0.2) is 0 Å². The summed E-state index contributed by atoms with van der Waals surface area (Å²) in [5.74, 6) is 0. The molecule has 0 aliphatic heterocycles. The van der Waals surface area contributed by atoms with E-state index in [2.05, 4.69) is 52.8 Å². The van der Waals surface area contributed by atoms with Crippen molar-refractivity contribution in [1.82, 2.24) is 9.38 Å². The minimum atomic E-state index is -0.0510. The Kier molecular flexibility index (Phi) is 3.57. The lowest BCUT2D eigenvalue weighted by atomic mass is 10.1. The summed E-state index contributed by atoms with van der Waals surface area (Å²) >= 11 is 0. The maximum atomic E-state index is 12.3. The number of nitrogens with zero attached hydrogens (tertiary/aromatic N) is 2. The molecule has 0 unspecified atom stereocenters. The van der Waals surface area contributed by atoms with E-state index in [0.717, 1.165) is 23.4 Å². The highest BCUT2D eigenvalue weighted by molar-refractivity contribution is 5.78. The molecule has 2 heterocycles. The summed E-state index contributed by atoms with van der Waals surface area (Å²) in [6, 6.07) is 20.5. The summed E-state index contributed by atoms with van der Waals surface area (Å²) in [6.07, 6.45) is 2.79. The second-order valence-electron chi connectivity index (χ2n) is 7.08. The van der Waals surface area contributed by atoms with Crippen LogP contribution in [-0.4, -0.2) is 9.38 Å². The highest BCUT2D eigenvalue weighted by atomic mass is 16.1. The van der Waals surface area contributed by atoms with E-state index in [1.165, 1.54) is 22.3 Å². The molecule has 4 aromatic rings. The largest absolute Gasteiger partial charge is 0.379 e. The zero-order valence-electron chi connectivity index (χ0n) is 15.1. The minimum absolute atomic E-state index is 0.0510. The zero-order chi connectivity index (χ0) is 18.4. The molecular weight excluding hydrogens is 334 g/mol. The second-order valence-corrected chi connectivity index (χ2v) is 7.08. The van der Waals surface area contributed by atoms with Crippen LogP contribution in [0.4, 0.5) is 5.69 Å². The van der Waals surface area contributed by atoms with E-state index >= 15 is 0 Å². The molecule has 27 heavy (non-hydrogen) atoms. The van der Waals surface area contributed by atoms with E-state index in [9.17, 15) is 4.79 Å². The van der Waals surface area contributed by atoms with Crippen LogP contribution in [-0.2, 0) is 13.0 Å². The average Bonchev–Trinajstić information content (AvgIpc) is 3.05. The summed E-state index contributed by atoms with van der Waals surface area (Å²) in [7, 11) is 0. The standard InChI is InChI=1S/C23H19N3O/c1-15-6-9-22-25-19(12-23(27)26(22)14-15)13-24-18-7-8-21-17(11-18)10-16-4-2-3-5-20(16)21/h2-9,11-12,14,24H,10,13H2,1H3. The third-order valence-corrected chi connectivity index (χ3v) is 5.13. The normalized spacial score (nSPS) is 12.0. The van der Waals surface area contributed by atoms with Gasteiger partial charge in [-0.1, -0.05) is 36.4 Å². The number of aryl methyl sites for hydroxylation is 1. The predicted molar refractivity (Wildman–Crippen MR) is 108 cm³/mol. The van der Waals surface area contributed by atoms with Crippen LogP contribution in [0.5, 0.6) is 0 Å². The van der Waals surface area contributed by atoms with Crippen LogP contribution in [0.1, 0.15) is 22.4 Å². The molecule has 4 nitrogen and oxygen atoms in total. The van der Waals surface area contributed by atoms with Crippen molar-refractivity contribution in [2.45, 2.75) is 19.9 Å². The lowest BCUT2D eigenvalue weighted by Gasteiger charge is -2.09. The fraction of sp³-hybridized carbons (Fsp3) is 0.130. The maximum Gasteiger partial charge on any atom is 0.258 e. The van der Waals surface area contributed by atoms with E-state index in [1.807, 2.05) is 25.3 Å². The lowest BCUT2D eigenvalue weighted by molar-refractivity contribution is 0.965. The van der Waals surface area contributed by atoms with E-state index in [-0.39, 0.29) is 5.56 Å². The molecule has 0 atom stereocenters. The first kappa shape index (κ1) is 15.8. The third kappa shape index (κ3) is 2.79. The molecule has 0 radical (unpaired) electrons. The maximum absolute atomic E-state index is 12.3. The number of pyridine rings is 1. The quantitative estimate of drug-likeness (QED) is 0.529. The number of benzene rings is 2. The van der Waals surface area contributed by atoms with Gasteiger partial charge in [0, 0.05) is 18.0 Å². The van der Waals surface area contributed by atoms with Crippen LogP contribution in [0, 0.1) is 6.92 Å². The highest BCUT2D eigenvalue weighted by Crippen LogP contribution is 2.37. The van der Waals surface area contributed by atoms with Crippen LogP contribution in [0.15, 0.2) is 71.7 Å². The van der Waals surface area contributed by atoms with E-state index in [1.54, 1.807) is 10.5 Å². The summed E-state index contributed by atoms with van der Waals surface area (Å²) < 4.78 is 1.59. The topological polar surface area (TPSA) is 46.4 Å². The Morgan fingerprint density at radius 2 is 1.85 bits per heavy atom. The molecule has 1 N–H and O–H groups in total. The van der Waals surface area contributed by atoms with Crippen LogP contribution < -0.4 is 10.9 Å². The fourth-order valence-corrected chi connectivity index (χ4v) is 3.80. The van der Waals surface area contributed by atoms with Gasteiger partial charge in [0.25, 0.3) is 5.56 Å². The fourth-order valence-electron chi connectivity index (χ4n) is 3.80. The van der Waals surface area contributed by atoms with Gasteiger partial charge < -0.3 is 5.32 Å². The second kappa shape index (κ2) is 6.09. The van der Waals surface area contributed by atoms with Gasteiger partial charge >= 0.3 is 0 Å². The number of aromatic nitrogens is 2. The number of hydrogen-bond acceptors (Lipinski definition) is 3. The molecule has 0 fully saturated rings. The number of fused-ring (bicyclic) bond motifs is 4. The number of hydrogen-bond donors (Lipinski definition) is 1. The molecule has 4 heteroatoms. The summed E-state index contributed by atoms with van der Waals surface area (Å²) in [6.45, 7) is 2.48. The predicted octanol–water partition coefficient (Wildman–Crippen LogP) is 4.19. The van der Waals surface area contributed by atoms with Gasteiger partial charge in [0.2, 0.25) is 0 Å². The van der Waals surface area contributed by atoms with E-state index in [0.29, 0.717) is 12.2 Å². The monoisotopic (exact) mass is 353 g/mol. The molecule has 2 aromatic carbocycles. The smallest absolute Gasteiger partial charge is 0.258 e. The Bertz CT molecular complexity index is 1240. The zero-order valence-corrected chi connectivity index (χ0v) is 15.1. The van der Waals surface area contributed by atoms with Crippen molar-refractivity contribution in [3.05, 3.63) is 99.6 Å². The molecule has 5 rings (SSSR count). The first-order chi connectivity index (χ1) is 13.2. The molecule has 0 spiro atoms. The highest BCUT2D eigenvalue weighted by Gasteiger charge is 2.17. The van der Waals surface area contributed by atoms with Crippen molar-refractivity contribution in [3.8, 4) is 11.1 Å². The first-order valence-electron chi connectivity index (χ1n) is 9.11. The molecule has 0 saturated carbocycles. The Hall–Kier alpha value is -3.40. The Labute approximate surface area is 157 Å². The molecular formula is C23H19N3O. The Morgan fingerprint density at radius 3 is 2.78 bits per heavy atom. The van der Waals surface area contributed by atoms with Gasteiger partial charge in [-0.3, -0.25) is 9.20 Å². The van der Waals surface area contributed by atoms with Crippen molar-refractivity contribution in [1.29, 1.82) is 0 Å². The van der Waals surface area contributed by atoms with E-state index < -0.39 is 0 Å². The minimum Gasteiger partial charge on any atom is -0.379 e. The summed E-state index contributed by atoms with van der Waals surface area (Å²) in [5, 5.41) is 3.41. The van der Waals surface area contributed by atoms with E-state index in [4.69, 9.17) is 0 Å². The molecule has 132 valence electrons. The number of nitrogens with one attached hydrogen (secondary N) is 1. The molecule has 0 bridgehead atoms. The molecule has 2 aromatic heterocycles.